The quantitative estimate of drug-likeness (QED) is 0.470. The Hall–Kier alpha value is -3.88. The number of hydrogen-bond acceptors (Lipinski definition) is 5. The largest absolute Gasteiger partial charge is 0.444 e. The first-order valence-electron chi connectivity index (χ1n) is 12.9. The minimum atomic E-state index is -5.08. The maximum atomic E-state index is 13.8. The predicted octanol–water partition coefficient (Wildman–Crippen LogP) is 4.51. The summed E-state index contributed by atoms with van der Waals surface area (Å²) in [6.07, 6.45) is -11.9. The minimum absolute atomic E-state index is 0.0346. The van der Waals surface area contributed by atoms with Crippen molar-refractivity contribution < 1.29 is 49.9 Å². The van der Waals surface area contributed by atoms with Gasteiger partial charge in [-0.15, -0.1) is 0 Å². The molecule has 2 aromatic carbocycles. The molecule has 2 aliphatic rings. The molecule has 2 heterocycles. The average molecular weight is 605 g/mol. The van der Waals surface area contributed by atoms with E-state index in [9.17, 15) is 45.1 Å². The molecule has 228 valence electrons. The molecule has 2 saturated heterocycles. The molecule has 0 radical (unpaired) electrons. The lowest BCUT2D eigenvalue weighted by Crippen LogP contribution is -2.71. The second-order valence-corrected chi connectivity index (χ2v) is 9.99. The second-order valence-electron chi connectivity index (χ2n) is 9.99. The van der Waals surface area contributed by atoms with E-state index in [1.807, 2.05) is 0 Å². The number of halogens is 7. The van der Waals surface area contributed by atoms with Crippen molar-refractivity contribution in [2.45, 2.75) is 57.0 Å². The molecule has 0 spiro atoms. The average Bonchev–Trinajstić information content (AvgIpc) is 2.91. The summed E-state index contributed by atoms with van der Waals surface area (Å²) >= 11 is 0. The summed E-state index contributed by atoms with van der Waals surface area (Å²) in [4.78, 5) is 43.2. The third kappa shape index (κ3) is 6.94. The van der Waals surface area contributed by atoms with Gasteiger partial charge in [-0.1, -0.05) is 12.1 Å². The molecule has 15 heteroatoms. The van der Waals surface area contributed by atoms with E-state index >= 15 is 0 Å². The SMILES string of the molecule is NCCC[C@H]1C(=O)N(Cc2cccc(F)c2)CC2N(C(=O)OCc3cc(C(F)(F)F)cc(C(F)(F)F)c3)CCC(=O)N21. The molecular weight excluding hydrogens is 577 g/mol. The zero-order valence-corrected chi connectivity index (χ0v) is 22.1. The molecule has 8 nitrogen and oxygen atoms in total. The first-order chi connectivity index (χ1) is 19.7. The molecule has 0 bridgehead atoms. The molecule has 2 fully saturated rings. The fourth-order valence-corrected chi connectivity index (χ4v) is 5.11. The first kappa shape index (κ1) is 31.1. The molecule has 0 saturated carbocycles. The van der Waals surface area contributed by atoms with Gasteiger partial charge in [0.1, 0.15) is 24.6 Å². The van der Waals surface area contributed by atoms with Crippen LogP contribution in [0.25, 0.3) is 0 Å². The van der Waals surface area contributed by atoms with Gasteiger partial charge in [-0.25, -0.2) is 9.18 Å². The van der Waals surface area contributed by atoms with Crippen LogP contribution in [0, 0.1) is 5.82 Å². The van der Waals surface area contributed by atoms with E-state index in [0.29, 0.717) is 24.1 Å². The van der Waals surface area contributed by atoms with Crippen LogP contribution in [0.5, 0.6) is 0 Å². The number of amides is 3. The lowest BCUT2D eigenvalue weighted by molar-refractivity contribution is -0.169. The Bertz CT molecular complexity index is 1300. The number of hydrogen-bond donors (Lipinski definition) is 1. The van der Waals surface area contributed by atoms with Crippen molar-refractivity contribution in [1.82, 2.24) is 14.7 Å². The van der Waals surface area contributed by atoms with Gasteiger partial charge in [0.2, 0.25) is 11.8 Å². The number of ether oxygens (including phenoxy) is 1. The highest BCUT2D eigenvalue weighted by atomic mass is 19.4. The van der Waals surface area contributed by atoms with E-state index in [-0.39, 0.29) is 45.1 Å². The Morgan fingerprint density at radius 3 is 2.24 bits per heavy atom. The Kier molecular flexibility index (Phi) is 8.99. The van der Waals surface area contributed by atoms with Gasteiger partial charge in [-0.2, -0.15) is 26.3 Å². The fourth-order valence-electron chi connectivity index (χ4n) is 5.11. The summed E-state index contributed by atoms with van der Waals surface area (Å²) in [6.45, 7) is -1.09. The summed E-state index contributed by atoms with van der Waals surface area (Å²) in [5.41, 5.74) is 2.42. The van der Waals surface area contributed by atoms with Crippen LogP contribution in [0.15, 0.2) is 42.5 Å². The lowest BCUT2D eigenvalue weighted by Gasteiger charge is -2.51. The summed E-state index contributed by atoms with van der Waals surface area (Å²) < 4.78 is 98.4. The smallest absolute Gasteiger partial charge is 0.416 e. The van der Waals surface area contributed by atoms with Crippen molar-refractivity contribution in [3.63, 3.8) is 0 Å². The number of alkyl halides is 6. The van der Waals surface area contributed by atoms with Crippen LogP contribution in [-0.4, -0.2) is 64.4 Å². The predicted molar refractivity (Wildman–Crippen MR) is 132 cm³/mol. The standard InChI is InChI=1S/C27H27F7N4O4/c28-20-4-1-3-16(11-20)13-36-14-22-37(8-6-23(39)38(22)21(24(36)40)5-2-7-35)25(41)42-15-17-9-18(26(29,30)31)12-19(10-17)27(32,33)34/h1,3-4,9-12,21-22H,2,5-8,13-15,35H2/t21-,22?/m0/s1. The highest BCUT2D eigenvalue weighted by Crippen LogP contribution is 2.37. The molecule has 2 aromatic rings. The summed E-state index contributed by atoms with van der Waals surface area (Å²) in [5.74, 6) is -1.38. The summed E-state index contributed by atoms with van der Waals surface area (Å²) in [5, 5.41) is 0. The molecule has 0 aromatic heterocycles. The van der Waals surface area contributed by atoms with Crippen molar-refractivity contribution in [1.29, 1.82) is 0 Å². The molecule has 4 rings (SSSR count). The summed E-state index contributed by atoms with van der Waals surface area (Å²) in [7, 11) is 0. The Labute approximate surface area is 235 Å². The first-order valence-corrected chi connectivity index (χ1v) is 12.9. The number of carbonyl (C=O) groups excluding carboxylic acids is 3. The van der Waals surface area contributed by atoms with Crippen LogP contribution in [-0.2, 0) is 39.8 Å². The maximum Gasteiger partial charge on any atom is 0.416 e. The van der Waals surface area contributed by atoms with E-state index in [2.05, 4.69) is 0 Å². The van der Waals surface area contributed by atoms with Gasteiger partial charge >= 0.3 is 18.4 Å². The van der Waals surface area contributed by atoms with Crippen LogP contribution in [0.1, 0.15) is 41.5 Å². The van der Waals surface area contributed by atoms with E-state index in [4.69, 9.17) is 10.5 Å². The Morgan fingerprint density at radius 1 is 0.976 bits per heavy atom. The van der Waals surface area contributed by atoms with E-state index in [1.54, 1.807) is 6.07 Å². The van der Waals surface area contributed by atoms with E-state index in [0.717, 1.165) is 4.90 Å². The van der Waals surface area contributed by atoms with Crippen LogP contribution < -0.4 is 5.73 Å². The molecule has 1 unspecified atom stereocenters. The molecule has 2 atom stereocenters. The number of fused-ring (bicyclic) bond motifs is 1. The van der Waals surface area contributed by atoms with Crippen molar-refractivity contribution in [3.05, 3.63) is 70.5 Å². The Morgan fingerprint density at radius 2 is 1.64 bits per heavy atom. The van der Waals surface area contributed by atoms with Crippen LogP contribution >= 0.6 is 0 Å². The van der Waals surface area contributed by atoms with Gasteiger partial charge in [-0.05, 0) is 60.8 Å². The minimum Gasteiger partial charge on any atom is -0.444 e. The van der Waals surface area contributed by atoms with Gasteiger partial charge in [0.25, 0.3) is 0 Å². The topological polar surface area (TPSA) is 96.2 Å². The highest BCUT2D eigenvalue weighted by molar-refractivity contribution is 5.90. The number of benzene rings is 2. The van der Waals surface area contributed by atoms with Crippen LogP contribution in [0.3, 0.4) is 0 Å². The molecule has 3 amide bonds. The maximum absolute atomic E-state index is 13.8. The van der Waals surface area contributed by atoms with Crippen molar-refractivity contribution >= 4 is 17.9 Å². The van der Waals surface area contributed by atoms with Crippen LogP contribution in [0.4, 0.5) is 35.5 Å². The molecule has 42 heavy (non-hydrogen) atoms. The molecule has 2 N–H and O–H groups in total. The van der Waals surface area contributed by atoms with Gasteiger partial charge in [0.15, 0.2) is 0 Å². The molecule has 2 aliphatic heterocycles. The third-order valence-electron chi connectivity index (χ3n) is 7.04. The number of carbonyl (C=O) groups is 3. The van der Waals surface area contributed by atoms with Crippen molar-refractivity contribution in [2.24, 2.45) is 5.73 Å². The number of piperazine rings is 1. The van der Waals surface area contributed by atoms with Gasteiger partial charge in [0.05, 0.1) is 17.7 Å². The van der Waals surface area contributed by atoms with Gasteiger partial charge in [0, 0.05) is 19.5 Å². The molecular formula is C27H27F7N4O4. The third-order valence-corrected chi connectivity index (χ3v) is 7.04. The second kappa shape index (κ2) is 12.2. The number of nitrogens with zero attached hydrogens (tertiary/aromatic N) is 3. The summed E-state index contributed by atoms with van der Waals surface area (Å²) in [6, 6.07) is 5.40. The monoisotopic (exact) mass is 604 g/mol. The van der Waals surface area contributed by atoms with Crippen LogP contribution in [0.2, 0.25) is 0 Å². The van der Waals surface area contributed by atoms with Gasteiger partial charge < -0.3 is 20.3 Å². The van der Waals surface area contributed by atoms with Gasteiger partial charge in [-0.3, -0.25) is 14.5 Å². The lowest BCUT2D eigenvalue weighted by atomic mass is 9.99. The zero-order chi connectivity index (χ0) is 30.8. The van der Waals surface area contributed by atoms with Crippen molar-refractivity contribution in [2.75, 3.05) is 19.6 Å². The van der Waals surface area contributed by atoms with E-state index in [1.165, 1.54) is 28.0 Å². The normalized spacial score (nSPS) is 19.7. The van der Waals surface area contributed by atoms with Crippen molar-refractivity contribution in [3.8, 4) is 0 Å². The number of rotatable bonds is 7. The zero-order valence-electron chi connectivity index (χ0n) is 22.1. The molecule has 0 aliphatic carbocycles. The highest BCUT2D eigenvalue weighted by Gasteiger charge is 2.49. The van der Waals surface area contributed by atoms with E-state index < -0.39 is 71.6 Å². The fraction of sp³-hybridized carbons (Fsp3) is 0.444. The number of nitrogens with two attached hydrogens (primary N) is 1. The Balaban J connectivity index is 1.58.